The zero-order chi connectivity index (χ0) is 20.2. The standard InChI is InChI=1S/C20H24F2N2O3/c1-12-5-6-16(23-11-12)18(25)17(24-19(26)27-20(2,3)4)9-13-7-14(21)10-15(22)8-13/h5-8,10-11,17-18,25H,9H2,1-4H3,(H,24,26)/t17-,18?/m0/s1. The Labute approximate surface area is 157 Å². The highest BCUT2D eigenvalue weighted by atomic mass is 19.1. The number of nitrogens with zero attached hydrogens (tertiary/aromatic N) is 1. The number of aromatic nitrogens is 1. The maximum absolute atomic E-state index is 13.5. The van der Waals surface area contributed by atoms with E-state index < -0.39 is 35.5 Å². The predicted octanol–water partition coefficient (Wildman–Crippen LogP) is 3.84. The van der Waals surface area contributed by atoms with Crippen LogP contribution in [0.2, 0.25) is 0 Å². The third-order valence-electron chi connectivity index (χ3n) is 3.70. The van der Waals surface area contributed by atoms with E-state index in [1.807, 2.05) is 6.92 Å². The van der Waals surface area contributed by atoms with Crippen molar-refractivity contribution < 1.29 is 23.4 Å². The number of alkyl carbamates (subject to hydrolysis) is 1. The van der Waals surface area contributed by atoms with E-state index in [1.165, 1.54) is 0 Å². The third kappa shape index (κ3) is 6.60. The fourth-order valence-corrected chi connectivity index (χ4v) is 2.54. The van der Waals surface area contributed by atoms with E-state index in [0.29, 0.717) is 11.3 Å². The first-order chi connectivity index (χ1) is 12.5. The van der Waals surface area contributed by atoms with E-state index in [4.69, 9.17) is 4.74 Å². The minimum atomic E-state index is -1.19. The molecule has 1 unspecified atom stereocenters. The highest BCUT2D eigenvalue weighted by molar-refractivity contribution is 5.68. The van der Waals surface area contributed by atoms with Crippen LogP contribution in [0.1, 0.15) is 43.7 Å². The van der Waals surface area contributed by atoms with Gasteiger partial charge < -0.3 is 15.2 Å². The molecule has 2 rings (SSSR count). The number of aryl methyl sites for hydroxylation is 1. The fourth-order valence-electron chi connectivity index (χ4n) is 2.54. The van der Waals surface area contributed by atoms with Crippen LogP contribution in [-0.2, 0) is 11.2 Å². The van der Waals surface area contributed by atoms with Gasteiger partial charge >= 0.3 is 6.09 Å². The average molecular weight is 378 g/mol. The number of ether oxygens (including phenoxy) is 1. The van der Waals surface area contributed by atoms with Gasteiger partial charge in [0.05, 0.1) is 11.7 Å². The second-order valence-corrected chi connectivity index (χ2v) is 7.44. The number of rotatable bonds is 5. The summed E-state index contributed by atoms with van der Waals surface area (Å²) in [7, 11) is 0. The lowest BCUT2D eigenvalue weighted by atomic mass is 9.98. The number of aliphatic hydroxyl groups is 1. The van der Waals surface area contributed by atoms with Crippen molar-refractivity contribution in [2.75, 3.05) is 0 Å². The van der Waals surface area contributed by atoms with E-state index in [2.05, 4.69) is 10.3 Å². The van der Waals surface area contributed by atoms with Gasteiger partial charge in [-0.05, 0) is 63.4 Å². The summed E-state index contributed by atoms with van der Waals surface area (Å²) >= 11 is 0. The number of carbonyl (C=O) groups excluding carboxylic acids is 1. The summed E-state index contributed by atoms with van der Waals surface area (Å²) in [5.41, 5.74) is 0.806. The van der Waals surface area contributed by atoms with Crippen LogP contribution in [0.15, 0.2) is 36.5 Å². The lowest BCUT2D eigenvalue weighted by molar-refractivity contribution is 0.0417. The van der Waals surface area contributed by atoms with Gasteiger partial charge in [-0.15, -0.1) is 0 Å². The van der Waals surface area contributed by atoms with Gasteiger partial charge in [-0.25, -0.2) is 13.6 Å². The molecule has 0 spiro atoms. The minimum absolute atomic E-state index is 0.00928. The van der Waals surface area contributed by atoms with E-state index >= 15 is 0 Å². The number of carbonyl (C=O) groups is 1. The normalized spacial score (nSPS) is 13.7. The van der Waals surface area contributed by atoms with Crippen LogP contribution in [0.25, 0.3) is 0 Å². The Bertz CT molecular complexity index is 769. The number of pyridine rings is 1. The highest BCUT2D eigenvalue weighted by Gasteiger charge is 2.27. The molecule has 0 aliphatic rings. The van der Waals surface area contributed by atoms with Crippen molar-refractivity contribution >= 4 is 6.09 Å². The number of nitrogens with one attached hydrogen (secondary N) is 1. The molecule has 1 heterocycles. The smallest absolute Gasteiger partial charge is 0.407 e. The van der Waals surface area contributed by atoms with Gasteiger partial charge in [-0.3, -0.25) is 4.98 Å². The lowest BCUT2D eigenvalue weighted by Gasteiger charge is -2.26. The van der Waals surface area contributed by atoms with Gasteiger partial charge in [-0.1, -0.05) is 6.07 Å². The van der Waals surface area contributed by atoms with E-state index in [9.17, 15) is 18.7 Å². The van der Waals surface area contributed by atoms with E-state index in [0.717, 1.165) is 23.8 Å². The van der Waals surface area contributed by atoms with E-state index in [1.54, 1.807) is 39.1 Å². The minimum Gasteiger partial charge on any atom is -0.444 e. The molecular formula is C20H24F2N2O3. The number of benzene rings is 1. The van der Waals surface area contributed by atoms with Crippen molar-refractivity contribution in [1.82, 2.24) is 10.3 Å². The summed E-state index contributed by atoms with van der Waals surface area (Å²) in [5.74, 6) is -1.46. The number of halogens is 2. The fraction of sp³-hybridized carbons (Fsp3) is 0.400. The largest absolute Gasteiger partial charge is 0.444 e. The molecule has 7 heteroatoms. The summed E-state index contributed by atoms with van der Waals surface area (Å²) < 4.78 is 32.2. The summed E-state index contributed by atoms with van der Waals surface area (Å²) in [6.07, 6.45) is -0.352. The summed E-state index contributed by atoms with van der Waals surface area (Å²) in [6.45, 7) is 6.99. The Morgan fingerprint density at radius 1 is 1.22 bits per heavy atom. The van der Waals surface area contributed by atoms with Crippen LogP contribution >= 0.6 is 0 Å². The van der Waals surface area contributed by atoms with Crippen molar-refractivity contribution in [1.29, 1.82) is 0 Å². The molecule has 1 aromatic carbocycles. The van der Waals surface area contributed by atoms with Crippen molar-refractivity contribution in [2.45, 2.75) is 51.9 Å². The van der Waals surface area contributed by atoms with Crippen molar-refractivity contribution in [3.8, 4) is 0 Å². The zero-order valence-corrected chi connectivity index (χ0v) is 15.8. The molecule has 0 saturated heterocycles. The lowest BCUT2D eigenvalue weighted by Crippen LogP contribution is -2.43. The molecule has 1 amide bonds. The molecule has 0 saturated carbocycles. The zero-order valence-electron chi connectivity index (χ0n) is 15.8. The monoisotopic (exact) mass is 378 g/mol. The van der Waals surface area contributed by atoms with Gasteiger partial charge in [0, 0.05) is 12.3 Å². The number of hydrogen-bond acceptors (Lipinski definition) is 4. The maximum atomic E-state index is 13.5. The molecule has 0 radical (unpaired) electrons. The molecule has 0 aliphatic carbocycles. The first-order valence-corrected chi connectivity index (χ1v) is 8.58. The number of amides is 1. The Morgan fingerprint density at radius 2 is 1.85 bits per heavy atom. The first-order valence-electron chi connectivity index (χ1n) is 8.58. The molecule has 2 N–H and O–H groups in total. The van der Waals surface area contributed by atoms with Crippen LogP contribution < -0.4 is 5.32 Å². The van der Waals surface area contributed by atoms with Crippen molar-refractivity contribution in [3.05, 3.63) is 65.0 Å². The molecule has 5 nitrogen and oxygen atoms in total. The molecule has 2 atom stereocenters. The summed E-state index contributed by atoms with van der Waals surface area (Å²) in [6, 6.07) is 5.59. The second kappa shape index (κ2) is 8.43. The molecule has 146 valence electrons. The molecule has 2 aromatic rings. The van der Waals surface area contributed by atoms with Crippen LogP contribution in [0.3, 0.4) is 0 Å². The maximum Gasteiger partial charge on any atom is 0.407 e. The van der Waals surface area contributed by atoms with Crippen LogP contribution in [-0.4, -0.2) is 27.8 Å². The number of aliphatic hydroxyl groups excluding tert-OH is 1. The Morgan fingerprint density at radius 3 is 2.37 bits per heavy atom. The average Bonchev–Trinajstić information content (AvgIpc) is 2.51. The molecule has 1 aromatic heterocycles. The SMILES string of the molecule is Cc1ccc(C(O)[C@H](Cc2cc(F)cc(F)c2)NC(=O)OC(C)(C)C)nc1. The van der Waals surface area contributed by atoms with Gasteiger partial charge in [-0.2, -0.15) is 0 Å². The topological polar surface area (TPSA) is 71.5 Å². The van der Waals surface area contributed by atoms with Crippen molar-refractivity contribution in [3.63, 3.8) is 0 Å². The molecule has 0 aliphatic heterocycles. The first kappa shape index (κ1) is 20.8. The highest BCUT2D eigenvalue weighted by Crippen LogP contribution is 2.20. The van der Waals surface area contributed by atoms with Crippen LogP contribution in [0.5, 0.6) is 0 Å². The van der Waals surface area contributed by atoms with Gasteiger partial charge in [0.1, 0.15) is 23.3 Å². The van der Waals surface area contributed by atoms with Gasteiger partial charge in [0.15, 0.2) is 0 Å². The quantitative estimate of drug-likeness (QED) is 0.829. The predicted molar refractivity (Wildman–Crippen MR) is 97.2 cm³/mol. The molecule has 27 heavy (non-hydrogen) atoms. The molecule has 0 fully saturated rings. The summed E-state index contributed by atoms with van der Waals surface area (Å²) in [5, 5.41) is 13.3. The summed E-state index contributed by atoms with van der Waals surface area (Å²) in [4.78, 5) is 16.3. The molecule has 0 bridgehead atoms. The van der Waals surface area contributed by atoms with Crippen molar-refractivity contribution in [2.24, 2.45) is 0 Å². The Hall–Kier alpha value is -2.54. The van der Waals surface area contributed by atoms with Gasteiger partial charge in [0.2, 0.25) is 0 Å². The van der Waals surface area contributed by atoms with Gasteiger partial charge in [0.25, 0.3) is 0 Å². The third-order valence-corrected chi connectivity index (χ3v) is 3.70. The Kier molecular flexibility index (Phi) is 6.49. The number of hydrogen-bond donors (Lipinski definition) is 2. The molecular weight excluding hydrogens is 354 g/mol. The van der Waals surface area contributed by atoms with Crippen LogP contribution in [0.4, 0.5) is 13.6 Å². The second-order valence-electron chi connectivity index (χ2n) is 7.44. The Balaban J connectivity index is 2.26. The van der Waals surface area contributed by atoms with E-state index in [-0.39, 0.29) is 6.42 Å². The van der Waals surface area contributed by atoms with Crippen LogP contribution in [0, 0.1) is 18.6 Å².